The first kappa shape index (κ1) is 19.9. The number of ether oxygens (including phenoxy) is 2. The molecule has 32 heavy (non-hydrogen) atoms. The Balaban J connectivity index is 1.72. The van der Waals surface area contributed by atoms with Crippen LogP contribution in [0.2, 0.25) is 0 Å². The Bertz CT molecular complexity index is 1410. The highest BCUT2D eigenvalue weighted by Crippen LogP contribution is 2.34. The molecular weight excluding hydrogens is 416 g/mol. The molecule has 7 heteroatoms. The summed E-state index contributed by atoms with van der Waals surface area (Å²) in [6.45, 7) is 0.954. The van der Waals surface area contributed by atoms with Crippen molar-refractivity contribution >= 4 is 16.7 Å². The second-order valence-electron chi connectivity index (χ2n) is 7.48. The lowest BCUT2D eigenvalue weighted by molar-refractivity contribution is 0.103. The van der Waals surface area contributed by atoms with Crippen molar-refractivity contribution in [3.05, 3.63) is 105 Å². The van der Waals surface area contributed by atoms with Crippen molar-refractivity contribution in [2.24, 2.45) is 0 Å². The van der Waals surface area contributed by atoms with Crippen molar-refractivity contribution in [1.82, 2.24) is 4.57 Å². The quantitative estimate of drug-likeness (QED) is 0.450. The van der Waals surface area contributed by atoms with Gasteiger partial charge in [0.2, 0.25) is 5.43 Å². The van der Waals surface area contributed by atoms with Gasteiger partial charge in [0, 0.05) is 24.4 Å². The van der Waals surface area contributed by atoms with Gasteiger partial charge in [0.05, 0.1) is 16.5 Å². The summed E-state index contributed by atoms with van der Waals surface area (Å²) in [7, 11) is 0. The number of ketones is 1. The number of hydrogen-bond donors (Lipinski definition) is 0. The Morgan fingerprint density at radius 3 is 2.34 bits per heavy atom. The summed E-state index contributed by atoms with van der Waals surface area (Å²) in [6, 6.07) is 14.4. The van der Waals surface area contributed by atoms with Crippen LogP contribution >= 0.6 is 0 Å². The molecule has 2 heterocycles. The lowest BCUT2D eigenvalue weighted by atomic mass is 10.0. The molecular formula is C25H17F2NO4. The maximum Gasteiger partial charge on any atom is 0.200 e. The Kier molecular flexibility index (Phi) is 4.93. The molecule has 0 spiro atoms. The summed E-state index contributed by atoms with van der Waals surface area (Å²) >= 11 is 0. The van der Waals surface area contributed by atoms with E-state index in [1.807, 2.05) is 0 Å². The Hall–Kier alpha value is -4.00. The van der Waals surface area contributed by atoms with Gasteiger partial charge in [-0.2, -0.15) is 0 Å². The highest BCUT2D eigenvalue weighted by molar-refractivity contribution is 6.10. The van der Waals surface area contributed by atoms with Crippen molar-refractivity contribution < 1.29 is 23.0 Å². The van der Waals surface area contributed by atoms with Gasteiger partial charge in [-0.25, -0.2) is 8.78 Å². The molecule has 5 rings (SSSR count). The van der Waals surface area contributed by atoms with Crippen LogP contribution in [0.1, 0.15) is 21.5 Å². The molecule has 0 amide bonds. The Morgan fingerprint density at radius 2 is 1.62 bits per heavy atom. The average molecular weight is 433 g/mol. The van der Waals surface area contributed by atoms with Crippen molar-refractivity contribution in [2.45, 2.75) is 6.54 Å². The van der Waals surface area contributed by atoms with Crippen LogP contribution in [0.25, 0.3) is 10.9 Å². The van der Waals surface area contributed by atoms with E-state index in [2.05, 4.69) is 0 Å². The molecule has 0 saturated carbocycles. The van der Waals surface area contributed by atoms with E-state index < -0.39 is 17.0 Å². The lowest BCUT2D eigenvalue weighted by Crippen LogP contribution is -2.21. The molecule has 1 aromatic heterocycles. The number of aromatic nitrogens is 1. The fourth-order valence-electron chi connectivity index (χ4n) is 3.81. The zero-order valence-corrected chi connectivity index (χ0v) is 16.8. The maximum atomic E-state index is 13.8. The van der Waals surface area contributed by atoms with Gasteiger partial charge in [-0.1, -0.05) is 12.1 Å². The molecule has 0 radical (unpaired) electrons. The molecule has 0 unspecified atom stereocenters. The van der Waals surface area contributed by atoms with E-state index >= 15 is 0 Å². The van der Waals surface area contributed by atoms with Crippen molar-refractivity contribution in [3.63, 3.8) is 0 Å². The number of hydrogen-bond acceptors (Lipinski definition) is 4. The minimum Gasteiger partial charge on any atom is -0.486 e. The van der Waals surface area contributed by atoms with Gasteiger partial charge >= 0.3 is 0 Å². The number of halogens is 2. The van der Waals surface area contributed by atoms with Gasteiger partial charge in [-0.05, 0) is 48.0 Å². The summed E-state index contributed by atoms with van der Waals surface area (Å²) in [5.41, 5.74) is 0.834. The lowest BCUT2D eigenvalue weighted by Gasteiger charge is -2.21. The van der Waals surface area contributed by atoms with Crippen molar-refractivity contribution in [3.8, 4) is 11.5 Å². The number of fused-ring (bicyclic) bond motifs is 2. The number of carbonyl (C=O) groups is 1. The number of nitrogens with zero attached hydrogens (tertiary/aromatic N) is 1. The molecule has 0 atom stereocenters. The molecule has 3 aromatic carbocycles. The average Bonchev–Trinajstić information content (AvgIpc) is 2.80. The molecule has 1 aliphatic heterocycles. The third-order valence-corrected chi connectivity index (χ3v) is 5.34. The van der Waals surface area contributed by atoms with Crippen LogP contribution in [0.4, 0.5) is 8.78 Å². The minimum atomic E-state index is -0.528. The van der Waals surface area contributed by atoms with E-state index in [-0.39, 0.29) is 28.9 Å². The molecule has 0 aliphatic carbocycles. The normalized spacial score (nSPS) is 12.7. The van der Waals surface area contributed by atoms with E-state index in [0.29, 0.717) is 35.8 Å². The van der Waals surface area contributed by atoms with Gasteiger partial charge in [-0.3, -0.25) is 9.59 Å². The summed E-state index contributed by atoms with van der Waals surface area (Å²) < 4.78 is 40.0. The number of pyridine rings is 1. The maximum absolute atomic E-state index is 13.8. The molecule has 0 fully saturated rings. The van der Waals surface area contributed by atoms with E-state index in [0.717, 1.165) is 0 Å². The second-order valence-corrected chi connectivity index (χ2v) is 7.48. The standard InChI is InChI=1S/C25H17F2NO4/c26-17-6-4-16(5-7-17)24(29)20-14-28(13-15-2-1-3-18(27)10-15)21-12-23-22(31-8-9-32-23)11-19(21)25(20)30/h1-7,10-12,14H,8-9,13H2. The number of rotatable bonds is 4. The number of carbonyl (C=O) groups excluding carboxylic acids is 1. The molecule has 0 N–H and O–H groups in total. The van der Waals surface area contributed by atoms with Crippen molar-refractivity contribution in [1.29, 1.82) is 0 Å². The molecule has 1 aliphatic rings. The summed E-state index contributed by atoms with van der Waals surface area (Å²) in [5, 5.41) is 0.276. The van der Waals surface area contributed by atoms with Crippen LogP contribution in [-0.4, -0.2) is 23.6 Å². The fourth-order valence-corrected chi connectivity index (χ4v) is 3.81. The van der Waals surface area contributed by atoms with Crippen LogP contribution in [0, 0.1) is 11.6 Å². The highest BCUT2D eigenvalue weighted by Gasteiger charge is 2.21. The van der Waals surface area contributed by atoms with Crippen molar-refractivity contribution in [2.75, 3.05) is 13.2 Å². The third-order valence-electron chi connectivity index (χ3n) is 5.34. The summed E-state index contributed by atoms with van der Waals surface area (Å²) in [4.78, 5) is 26.4. The van der Waals surface area contributed by atoms with Crippen LogP contribution < -0.4 is 14.9 Å². The van der Waals surface area contributed by atoms with E-state index in [1.54, 1.807) is 28.8 Å². The topological polar surface area (TPSA) is 57.5 Å². The molecule has 4 aromatic rings. The first-order valence-corrected chi connectivity index (χ1v) is 10.0. The minimum absolute atomic E-state index is 0.0720. The van der Waals surface area contributed by atoms with Crippen LogP contribution in [0.3, 0.4) is 0 Å². The summed E-state index contributed by atoms with van der Waals surface area (Å²) in [6.07, 6.45) is 1.46. The summed E-state index contributed by atoms with van der Waals surface area (Å²) in [5.74, 6) is -0.477. The van der Waals surface area contributed by atoms with Crippen LogP contribution in [0.5, 0.6) is 11.5 Å². The van der Waals surface area contributed by atoms with Gasteiger partial charge < -0.3 is 14.0 Å². The first-order chi connectivity index (χ1) is 15.5. The SMILES string of the molecule is O=C(c1ccc(F)cc1)c1cn(Cc2cccc(F)c2)c2cc3c(cc2c1=O)OCCO3. The van der Waals surface area contributed by atoms with Crippen LogP contribution in [0.15, 0.2) is 71.7 Å². The highest BCUT2D eigenvalue weighted by atomic mass is 19.1. The molecule has 0 saturated heterocycles. The van der Waals surface area contributed by atoms with Gasteiger partial charge in [0.15, 0.2) is 17.3 Å². The monoisotopic (exact) mass is 433 g/mol. The van der Waals surface area contributed by atoms with Gasteiger partial charge in [0.1, 0.15) is 24.8 Å². The number of benzene rings is 3. The molecule has 160 valence electrons. The first-order valence-electron chi connectivity index (χ1n) is 10.0. The zero-order chi connectivity index (χ0) is 22.2. The predicted octanol–water partition coefficient (Wildman–Crippen LogP) is 4.33. The van der Waals surface area contributed by atoms with Gasteiger partial charge in [0.25, 0.3) is 0 Å². The largest absolute Gasteiger partial charge is 0.486 e. The molecule has 0 bridgehead atoms. The third kappa shape index (κ3) is 3.62. The predicted molar refractivity (Wildman–Crippen MR) is 115 cm³/mol. The van der Waals surface area contributed by atoms with E-state index in [4.69, 9.17) is 9.47 Å². The van der Waals surface area contributed by atoms with E-state index in [1.165, 1.54) is 42.6 Å². The Morgan fingerprint density at radius 1 is 0.906 bits per heavy atom. The van der Waals surface area contributed by atoms with Crippen LogP contribution in [-0.2, 0) is 6.54 Å². The smallest absolute Gasteiger partial charge is 0.200 e. The molecule has 5 nitrogen and oxygen atoms in total. The van der Waals surface area contributed by atoms with E-state index in [9.17, 15) is 18.4 Å². The van der Waals surface area contributed by atoms with Gasteiger partial charge in [-0.15, -0.1) is 0 Å². The Labute approximate surface area is 181 Å². The fraction of sp³-hybridized carbons (Fsp3) is 0.120. The second kappa shape index (κ2) is 7.92. The zero-order valence-electron chi connectivity index (χ0n) is 16.8.